The standard InChI is InChI=1S/C16H14BrN3OS2/c1-10(15(21)19-16-20-18-9-22-16)14(11-5-3-2-4-6-11)12-7-8-13(17)23-12/h2-10,14H,1H3,(H,19,20,21). The van der Waals surface area contributed by atoms with E-state index in [4.69, 9.17) is 0 Å². The van der Waals surface area contributed by atoms with Gasteiger partial charge < -0.3 is 5.32 Å². The zero-order valence-corrected chi connectivity index (χ0v) is 15.5. The molecule has 1 amide bonds. The van der Waals surface area contributed by atoms with E-state index >= 15 is 0 Å². The summed E-state index contributed by atoms with van der Waals surface area (Å²) in [5, 5.41) is 11.0. The molecule has 0 aliphatic rings. The van der Waals surface area contributed by atoms with Gasteiger partial charge in [0, 0.05) is 16.7 Å². The summed E-state index contributed by atoms with van der Waals surface area (Å²) < 4.78 is 1.06. The molecular weight excluding hydrogens is 394 g/mol. The third-order valence-corrected chi connectivity index (χ3v) is 5.88. The minimum absolute atomic E-state index is 0.000390. The zero-order valence-electron chi connectivity index (χ0n) is 12.3. The van der Waals surface area contributed by atoms with Gasteiger partial charge in [-0.1, -0.05) is 48.6 Å². The first kappa shape index (κ1) is 16.3. The van der Waals surface area contributed by atoms with Crippen molar-refractivity contribution in [3.63, 3.8) is 0 Å². The molecule has 0 bridgehead atoms. The predicted octanol–water partition coefficient (Wildman–Crippen LogP) is 4.77. The predicted molar refractivity (Wildman–Crippen MR) is 98.0 cm³/mol. The van der Waals surface area contributed by atoms with Crippen LogP contribution in [0.15, 0.2) is 51.8 Å². The topological polar surface area (TPSA) is 54.9 Å². The molecule has 1 aromatic carbocycles. The van der Waals surface area contributed by atoms with Gasteiger partial charge >= 0.3 is 0 Å². The van der Waals surface area contributed by atoms with E-state index < -0.39 is 0 Å². The van der Waals surface area contributed by atoms with Crippen molar-refractivity contribution < 1.29 is 4.79 Å². The molecule has 118 valence electrons. The monoisotopic (exact) mass is 407 g/mol. The van der Waals surface area contributed by atoms with Crippen molar-refractivity contribution >= 4 is 49.6 Å². The molecule has 2 unspecified atom stereocenters. The number of halogens is 1. The molecule has 0 saturated heterocycles. The molecule has 0 spiro atoms. The van der Waals surface area contributed by atoms with Crippen LogP contribution in [0.2, 0.25) is 0 Å². The normalized spacial score (nSPS) is 13.5. The lowest BCUT2D eigenvalue weighted by molar-refractivity contribution is -0.119. The Morgan fingerprint density at radius 2 is 2.00 bits per heavy atom. The summed E-state index contributed by atoms with van der Waals surface area (Å²) in [4.78, 5) is 13.8. The van der Waals surface area contributed by atoms with Crippen molar-refractivity contribution in [2.75, 3.05) is 5.32 Å². The highest BCUT2D eigenvalue weighted by molar-refractivity contribution is 9.11. The number of hydrogen-bond acceptors (Lipinski definition) is 5. The van der Waals surface area contributed by atoms with Crippen molar-refractivity contribution in [1.82, 2.24) is 10.2 Å². The molecule has 23 heavy (non-hydrogen) atoms. The summed E-state index contributed by atoms with van der Waals surface area (Å²) in [7, 11) is 0. The van der Waals surface area contributed by atoms with E-state index in [1.54, 1.807) is 16.8 Å². The van der Waals surface area contributed by atoms with E-state index in [2.05, 4.69) is 49.6 Å². The number of rotatable bonds is 5. The van der Waals surface area contributed by atoms with E-state index in [-0.39, 0.29) is 17.7 Å². The molecule has 2 aromatic heterocycles. The lowest BCUT2D eigenvalue weighted by Gasteiger charge is -2.22. The Kier molecular flexibility index (Phi) is 5.20. The zero-order chi connectivity index (χ0) is 16.2. The summed E-state index contributed by atoms with van der Waals surface area (Å²) in [6.07, 6.45) is 0. The van der Waals surface area contributed by atoms with E-state index in [9.17, 15) is 4.79 Å². The fourth-order valence-electron chi connectivity index (χ4n) is 2.45. The Morgan fingerprint density at radius 1 is 1.22 bits per heavy atom. The Balaban J connectivity index is 1.90. The highest BCUT2D eigenvalue weighted by Gasteiger charge is 2.28. The van der Waals surface area contributed by atoms with Gasteiger partial charge in [-0.15, -0.1) is 21.5 Å². The fraction of sp³-hybridized carbons (Fsp3) is 0.188. The number of nitrogens with zero attached hydrogens (tertiary/aromatic N) is 2. The van der Waals surface area contributed by atoms with Gasteiger partial charge in [-0.25, -0.2) is 0 Å². The Bertz CT molecular complexity index is 774. The number of carbonyl (C=O) groups excluding carboxylic acids is 1. The van der Waals surface area contributed by atoms with E-state index in [0.29, 0.717) is 5.13 Å². The van der Waals surface area contributed by atoms with Crippen LogP contribution in [-0.2, 0) is 4.79 Å². The third-order valence-electron chi connectivity index (χ3n) is 3.56. The van der Waals surface area contributed by atoms with Gasteiger partial charge in [-0.3, -0.25) is 4.79 Å². The van der Waals surface area contributed by atoms with Crippen LogP contribution in [-0.4, -0.2) is 16.1 Å². The Hall–Kier alpha value is -1.57. The lowest BCUT2D eigenvalue weighted by atomic mass is 9.85. The highest BCUT2D eigenvalue weighted by atomic mass is 79.9. The van der Waals surface area contributed by atoms with Gasteiger partial charge in [0.25, 0.3) is 0 Å². The van der Waals surface area contributed by atoms with Gasteiger partial charge in [0.2, 0.25) is 11.0 Å². The maximum atomic E-state index is 12.6. The number of anilines is 1. The summed E-state index contributed by atoms with van der Waals surface area (Å²) in [6.45, 7) is 1.95. The molecule has 0 radical (unpaired) electrons. The molecule has 0 aliphatic heterocycles. The number of carbonyl (C=O) groups is 1. The molecule has 3 rings (SSSR count). The summed E-state index contributed by atoms with van der Waals surface area (Å²) >= 11 is 6.48. The van der Waals surface area contributed by atoms with Gasteiger partial charge in [-0.05, 0) is 33.6 Å². The van der Waals surface area contributed by atoms with Crippen LogP contribution in [0.1, 0.15) is 23.3 Å². The minimum atomic E-state index is -0.230. The molecule has 2 heterocycles. The fourth-order valence-corrected chi connectivity index (χ4v) is 4.56. The first-order chi connectivity index (χ1) is 11.1. The first-order valence-electron chi connectivity index (χ1n) is 7.02. The maximum absolute atomic E-state index is 12.6. The molecule has 0 saturated carbocycles. The Labute approximate surface area is 150 Å². The van der Waals surface area contributed by atoms with Crippen molar-refractivity contribution in [2.24, 2.45) is 5.92 Å². The number of aromatic nitrogens is 2. The van der Waals surface area contributed by atoms with Gasteiger partial charge in [0.15, 0.2) is 0 Å². The number of nitrogens with one attached hydrogen (secondary N) is 1. The number of benzene rings is 1. The van der Waals surface area contributed by atoms with Crippen LogP contribution < -0.4 is 5.32 Å². The van der Waals surface area contributed by atoms with Crippen molar-refractivity contribution in [1.29, 1.82) is 0 Å². The smallest absolute Gasteiger partial charge is 0.230 e. The highest BCUT2D eigenvalue weighted by Crippen LogP contribution is 2.38. The van der Waals surface area contributed by atoms with Crippen LogP contribution >= 0.6 is 38.6 Å². The summed E-state index contributed by atoms with van der Waals surface area (Å²) in [5.74, 6) is -0.285. The van der Waals surface area contributed by atoms with E-state index in [1.807, 2.05) is 31.2 Å². The quantitative estimate of drug-likeness (QED) is 0.662. The van der Waals surface area contributed by atoms with Crippen molar-refractivity contribution in [3.8, 4) is 0 Å². The second kappa shape index (κ2) is 7.33. The molecule has 4 nitrogen and oxygen atoms in total. The van der Waals surface area contributed by atoms with Crippen LogP contribution in [0.3, 0.4) is 0 Å². The van der Waals surface area contributed by atoms with Crippen LogP contribution in [0.25, 0.3) is 0 Å². The second-order valence-corrected chi connectivity index (χ2v) is 8.38. The molecule has 1 N–H and O–H groups in total. The third kappa shape index (κ3) is 3.85. The van der Waals surface area contributed by atoms with E-state index in [0.717, 1.165) is 14.2 Å². The second-order valence-electron chi connectivity index (χ2n) is 5.05. The van der Waals surface area contributed by atoms with Crippen molar-refractivity contribution in [3.05, 3.63) is 62.2 Å². The van der Waals surface area contributed by atoms with Gasteiger partial charge in [0.05, 0.1) is 3.79 Å². The van der Waals surface area contributed by atoms with Crippen LogP contribution in [0.4, 0.5) is 5.13 Å². The average Bonchev–Trinajstić information content (AvgIpc) is 3.20. The minimum Gasteiger partial charge on any atom is -0.300 e. The van der Waals surface area contributed by atoms with Crippen LogP contribution in [0.5, 0.6) is 0 Å². The number of amides is 1. The molecular formula is C16H14BrN3OS2. The summed E-state index contributed by atoms with van der Waals surface area (Å²) in [6, 6.07) is 14.2. The number of thiophene rings is 1. The van der Waals surface area contributed by atoms with Crippen LogP contribution in [0, 0.1) is 5.92 Å². The maximum Gasteiger partial charge on any atom is 0.230 e. The van der Waals surface area contributed by atoms with Crippen molar-refractivity contribution in [2.45, 2.75) is 12.8 Å². The Morgan fingerprint density at radius 3 is 2.61 bits per heavy atom. The molecule has 2 atom stereocenters. The molecule has 0 fully saturated rings. The SMILES string of the molecule is CC(C(=O)Nc1nncs1)C(c1ccccc1)c1ccc(Br)s1. The number of hydrogen-bond donors (Lipinski definition) is 1. The molecule has 3 aromatic rings. The lowest BCUT2D eigenvalue weighted by Crippen LogP contribution is -2.26. The van der Waals surface area contributed by atoms with Gasteiger partial charge in [0.1, 0.15) is 5.51 Å². The van der Waals surface area contributed by atoms with Gasteiger partial charge in [-0.2, -0.15) is 0 Å². The van der Waals surface area contributed by atoms with E-state index in [1.165, 1.54) is 11.3 Å². The molecule has 7 heteroatoms. The first-order valence-corrected chi connectivity index (χ1v) is 9.51. The average molecular weight is 408 g/mol. The summed E-state index contributed by atoms with van der Waals surface area (Å²) in [5.41, 5.74) is 2.73. The molecule has 0 aliphatic carbocycles. The largest absolute Gasteiger partial charge is 0.300 e.